The topological polar surface area (TPSA) is 111 Å². The van der Waals surface area contributed by atoms with Crippen LogP contribution in [-0.4, -0.2) is 62.5 Å². The molecule has 0 bridgehead atoms. The molecule has 1 aromatic carbocycles. The maximum atomic E-state index is 11.4. The lowest BCUT2D eigenvalue weighted by Gasteiger charge is -2.31. The standard InChI is InChI=1S/C14H18N4O6/c19-17(20)13-10-14(18(21)22)12(16-3-7-24-8-4-16)9-11(13)15-1-5-23-6-2-15/h9-10H,1-8H2. The molecule has 10 heteroatoms. The Morgan fingerprint density at radius 1 is 0.750 bits per heavy atom. The summed E-state index contributed by atoms with van der Waals surface area (Å²) in [5.74, 6) is 0. The van der Waals surface area contributed by atoms with Crippen molar-refractivity contribution in [1.82, 2.24) is 0 Å². The van der Waals surface area contributed by atoms with Gasteiger partial charge in [-0.05, 0) is 6.07 Å². The van der Waals surface area contributed by atoms with Gasteiger partial charge in [-0.1, -0.05) is 0 Å². The van der Waals surface area contributed by atoms with Gasteiger partial charge in [0.25, 0.3) is 11.4 Å². The number of ether oxygens (including phenoxy) is 2. The predicted molar refractivity (Wildman–Crippen MR) is 85.8 cm³/mol. The van der Waals surface area contributed by atoms with Crippen molar-refractivity contribution in [3.05, 3.63) is 32.4 Å². The Morgan fingerprint density at radius 2 is 1.12 bits per heavy atom. The molecule has 0 atom stereocenters. The van der Waals surface area contributed by atoms with Gasteiger partial charge in [0, 0.05) is 26.2 Å². The number of nitrogens with zero attached hydrogens (tertiary/aromatic N) is 4. The van der Waals surface area contributed by atoms with E-state index in [1.165, 1.54) is 0 Å². The van der Waals surface area contributed by atoms with E-state index in [1.54, 1.807) is 6.07 Å². The fourth-order valence-corrected chi connectivity index (χ4v) is 2.96. The van der Waals surface area contributed by atoms with Gasteiger partial charge in [-0.2, -0.15) is 0 Å². The van der Waals surface area contributed by atoms with Gasteiger partial charge < -0.3 is 19.3 Å². The van der Waals surface area contributed by atoms with E-state index in [4.69, 9.17) is 9.47 Å². The Bertz CT molecular complexity index is 589. The molecule has 2 heterocycles. The first-order valence-corrected chi connectivity index (χ1v) is 7.70. The monoisotopic (exact) mass is 338 g/mol. The molecule has 0 aliphatic carbocycles. The first-order valence-electron chi connectivity index (χ1n) is 7.70. The van der Waals surface area contributed by atoms with E-state index in [0.29, 0.717) is 64.0 Å². The third-order valence-electron chi connectivity index (χ3n) is 4.17. The molecule has 2 fully saturated rings. The van der Waals surface area contributed by atoms with Crippen molar-refractivity contribution >= 4 is 22.7 Å². The van der Waals surface area contributed by atoms with Gasteiger partial charge in [0.05, 0.1) is 42.3 Å². The fourth-order valence-electron chi connectivity index (χ4n) is 2.96. The zero-order chi connectivity index (χ0) is 17.1. The summed E-state index contributed by atoms with van der Waals surface area (Å²) in [7, 11) is 0. The van der Waals surface area contributed by atoms with Gasteiger partial charge in [-0.3, -0.25) is 20.2 Å². The van der Waals surface area contributed by atoms with Gasteiger partial charge in [0.2, 0.25) is 0 Å². The molecule has 130 valence electrons. The molecule has 24 heavy (non-hydrogen) atoms. The number of hydrogen-bond acceptors (Lipinski definition) is 8. The van der Waals surface area contributed by atoms with E-state index < -0.39 is 9.85 Å². The third kappa shape index (κ3) is 3.24. The van der Waals surface area contributed by atoms with Crippen LogP contribution in [0.2, 0.25) is 0 Å². The summed E-state index contributed by atoms with van der Waals surface area (Å²) in [5.41, 5.74) is 0.298. The minimum absolute atomic E-state index is 0.249. The van der Waals surface area contributed by atoms with E-state index in [0.717, 1.165) is 6.07 Å². The minimum atomic E-state index is -0.569. The number of hydrogen-bond donors (Lipinski definition) is 0. The van der Waals surface area contributed by atoms with Crippen molar-refractivity contribution in [3.63, 3.8) is 0 Å². The van der Waals surface area contributed by atoms with Crippen LogP contribution in [0.25, 0.3) is 0 Å². The van der Waals surface area contributed by atoms with Gasteiger partial charge in [0.15, 0.2) is 0 Å². The van der Waals surface area contributed by atoms with E-state index in [9.17, 15) is 20.2 Å². The highest BCUT2D eigenvalue weighted by molar-refractivity contribution is 5.78. The molecule has 0 unspecified atom stereocenters. The normalized spacial score (nSPS) is 18.5. The summed E-state index contributed by atoms with van der Waals surface area (Å²) < 4.78 is 10.6. The molecule has 2 aliphatic rings. The van der Waals surface area contributed by atoms with E-state index >= 15 is 0 Å². The summed E-state index contributed by atoms with van der Waals surface area (Å²) in [6.07, 6.45) is 0. The van der Waals surface area contributed by atoms with Crippen molar-refractivity contribution in [3.8, 4) is 0 Å². The van der Waals surface area contributed by atoms with Crippen LogP contribution in [0, 0.1) is 20.2 Å². The van der Waals surface area contributed by atoms with Crippen molar-refractivity contribution < 1.29 is 19.3 Å². The molecular formula is C14H18N4O6. The molecule has 0 N–H and O–H groups in total. The maximum absolute atomic E-state index is 11.4. The van der Waals surface area contributed by atoms with E-state index in [-0.39, 0.29) is 11.4 Å². The highest BCUT2D eigenvalue weighted by atomic mass is 16.6. The summed E-state index contributed by atoms with van der Waals surface area (Å²) in [4.78, 5) is 25.4. The summed E-state index contributed by atoms with van der Waals surface area (Å²) in [6, 6.07) is 2.63. The Hall–Kier alpha value is -2.46. The van der Waals surface area contributed by atoms with E-state index in [2.05, 4.69) is 0 Å². The average molecular weight is 338 g/mol. The average Bonchev–Trinajstić information content (AvgIpc) is 2.62. The lowest BCUT2D eigenvalue weighted by molar-refractivity contribution is -0.393. The third-order valence-corrected chi connectivity index (χ3v) is 4.17. The minimum Gasteiger partial charge on any atom is -0.378 e. The Balaban J connectivity index is 2.08. The lowest BCUT2D eigenvalue weighted by atomic mass is 10.1. The van der Waals surface area contributed by atoms with Crippen LogP contribution in [0.4, 0.5) is 22.7 Å². The van der Waals surface area contributed by atoms with Crippen molar-refractivity contribution in [1.29, 1.82) is 0 Å². The number of nitro benzene ring substituents is 2. The molecule has 0 saturated carbocycles. The molecule has 0 aromatic heterocycles. The zero-order valence-electron chi connectivity index (χ0n) is 13.0. The van der Waals surface area contributed by atoms with Crippen LogP contribution in [0.3, 0.4) is 0 Å². The van der Waals surface area contributed by atoms with Crippen LogP contribution < -0.4 is 9.80 Å². The van der Waals surface area contributed by atoms with Gasteiger partial charge in [0.1, 0.15) is 11.4 Å². The molecule has 2 saturated heterocycles. The molecular weight excluding hydrogens is 320 g/mol. The van der Waals surface area contributed by atoms with Crippen LogP contribution in [0.5, 0.6) is 0 Å². The number of morpholine rings is 2. The summed E-state index contributed by atoms with van der Waals surface area (Å²) in [5, 5.41) is 22.8. The Labute approximate surface area is 137 Å². The number of rotatable bonds is 4. The van der Waals surface area contributed by atoms with Crippen LogP contribution in [0.15, 0.2) is 12.1 Å². The van der Waals surface area contributed by atoms with Crippen molar-refractivity contribution in [2.24, 2.45) is 0 Å². The fraction of sp³-hybridized carbons (Fsp3) is 0.571. The SMILES string of the molecule is O=[N+]([O-])c1cc([N+](=O)[O-])c(N2CCOCC2)cc1N1CCOCC1. The van der Waals surface area contributed by atoms with Crippen LogP contribution in [0.1, 0.15) is 0 Å². The second kappa shape index (κ2) is 6.97. The Morgan fingerprint density at radius 3 is 1.46 bits per heavy atom. The smallest absolute Gasteiger partial charge is 0.299 e. The van der Waals surface area contributed by atoms with Crippen molar-refractivity contribution in [2.45, 2.75) is 0 Å². The molecule has 0 amide bonds. The first-order chi connectivity index (χ1) is 11.6. The zero-order valence-corrected chi connectivity index (χ0v) is 13.0. The molecule has 1 aromatic rings. The molecule has 3 rings (SSSR count). The van der Waals surface area contributed by atoms with Gasteiger partial charge >= 0.3 is 0 Å². The predicted octanol–water partition coefficient (Wildman–Crippen LogP) is 1.18. The molecule has 2 aliphatic heterocycles. The quantitative estimate of drug-likeness (QED) is 0.594. The highest BCUT2D eigenvalue weighted by Gasteiger charge is 2.31. The summed E-state index contributed by atoms with van der Waals surface area (Å²) >= 11 is 0. The molecule has 10 nitrogen and oxygen atoms in total. The number of nitro groups is 2. The lowest BCUT2D eigenvalue weighted by Crippen LogP contribution is -2.38. The van der Waals surface area contributed by atoms with Crippen LogP contribution in [-0.2, 0) is 9.47 Å². The Kier molecular flexibility index (Phi) is 4.76. The maximum Gasteiger partial charge on any atom is 0.299 e. The molecule has 0 spiro atoms. The first kappa shape index (κ1) is 16.4. The summed E-state index contributed by atoms with van der Waals surface area (Å²) in [6.45, 7) is 3.95. The van der Waals surface area contributed by atoms with Gasteiger partial charge in [-0.15, -0.1) is 0 Å². The second-order valence-corrected chi connectivity index (χ2v) is 5.54. The van der Waals surface area contributed by atoms with Gasteiger partial charge in [-0.25, -0.2) is 0 Å². The largest absolute Gasteiger partial charge is 0.378 e. The number of benzene rings is 1. The van der Waals surface area contributed by atoms with E-state index in [1.807, 2.05) is 9.80 Å². The van der Waals surface area contributed by atoms with Crippen LogP contribution >= 0.6 is 0 Å². The highest BCUT2D eigenvalue weighted by Crippen LogP contribution is 2.40. The second-order valence-electron chi connectivity index (χ2n) is 5.54. The van der Waals surface area contributed by atoms with Crippen molar-refractivity contribution in [2.75, 3.05) is 62.4 Å². The molecule has 0 radical (unpaired) electrons. The number of anilines is 2.